The van der Waals surface area contributed by atoms with E-state index in [-0.39, 0.29) is 29.8 Å². The van der Waals surface area contributed by atoms with Crippen LogP contribution in [-0.4, -0.2) is 48.5 Å². The van der Waals surface area contributed by atoms with Gasteiger partial charge in [-0.15, -0.1) is 0 Å². The zero-order chi connectivity index (χ0) is 16.2. The predicted octanol–water partition coefficient (Wildman–Crippen LogP) is 0.756. The van der Waals surface area contributed by atoms with E-state index in [1.54, 1.807) is 0 Å². The number of nitrogens with zero attached hydrogens (tertiary/aromatic N) is 1. The van der Waals surface area contributed by atoms with Crippen molar-refractivity contribution in [2.75, 3.05) is 18.3 Å². The molecule has 8 nitrogen and oxygen atoms in total. The Balaban J connectivity index is 2.97. The zero-order valence-corrected chi connectivity index (χ0v) is 12.3. The lowest BCUT2D eigenvalue weighted by Gasteiger charge is -2.19. The second-order valence-corrected chi connectivity index (χ2v) is 6.13. The van der Waals surface area contributed by atoms with Crippen LogP contribution in [0.3, 0.4) is 0 Å². The normalized spacial score (nSPS) is 11.4. The van der Waals surface area contributed by atoms with Crippen LogP contribution >= 0.6 is 0 Å². The Morgan fingerprint density at radius 3 is 2.43 bits per heavy atom. The number of carbonyl (C=O) groups is 2. The minimum atomic E-state index is -3.95. The molecule has 0 unspecified atom stereocenters. The first-order chi connectivity index (χ1) is 9.65. The zero-order valence-electron chi connectivity index (χ0n) is 11.5. The summed E-state index contributed by atoms with van der Waals surface area (Å²) >= 11 is 0. The van der Waals surface area contributed by atoms with Crippen molar-refractivity contribution in [1.29, 1.82) is 0 Å². The predicted molar refractivity (Wildman–Crippen MR) is 75.6 cm³/mol. The summed E-state index contributed by atoms with van der Waals surface area (Å²) in [6.07, 6.45) is -0.328. The fourth-order valence-electron chi connectivity index (χ4n) is 1.57. The quantitative estimate of drug-likeness (QED) is 0.682. The Bertz CT molecular complexity index is 656. The van der Waals surface area contributed by atoms with E-state index in [1.807, 2.05) is 0 Å². The van der Waals surface area contributed by atoms with Gasteiger partial charge in [-0.3, -0.25) is 9.52 Å². The highest BCUT2D eigenvalue weighted by Crippen LogP contribution is 2.20. The third kappa shape index (κ3) is 4.43. The Morgan fingerprint density at radius 1 is 1.29 bits per heavy atom. The highest BCUT2D eigenvalue weighted by atomic mass is 32.2. The number of carboxylic acids is 2. The van der Waals surface area contributed by atoms with Crippen LogP contribution in [0.15, 0.2) is 18.2 Å². The van der Waals surface area contributed by atoms with Crippen molar-refractivity contribution in [3.63, 3.8) is 0 Å². The van der Waals surface area contributed by atoms with Crippen molar-refractivity contribution in [2.24, 2.45) is 0 Å². The van der Waals surface area contributed by atoms with Crippen LogP contribution in [0.25, 0.3) is 0 Å². The maximum atomic E-state index is 12.0. The molecule has 0 aliphatic heterocycles. The van der Waals surface area contributed by atoms with Crippen LogP contribution in [0.1, 0.15) is 22.3 Å². The lowest BCUT2D eigenvalue weighted by Crippen LogP contribution is -2.34. The van der Waals surface area contributed by atoms with Crippen molar-refractivity contribution in [3.05, 3.63) is 29.3 Å². The summed E-state index contributed by atoms with van der Waals surface area (Å²) in [5.74, 6) is -2.27. The maximum absolute atomic E-state index is 12.0. The molecule has 0 aliphatic carbocycles. The molecule has 1 rings (SSSR count). The molecule has 0 atom stereocenters. The molecule has 1 aromatic rings. The smallest absolute Gasteiger partial charge is 0.336 e. The van der Waals surface area contributed by atoms with Crippen LogP contribution in [0, 0.1) is 6.92 Å². The highest BCUT2D eigenvalue weighted by molar-refractivity contribution is 7.90. The van der Waals surface area contributed by atoms with E-state index in [9.17, 15) is 18.0 Å². The summed E-state index contributed by atoms with van der Waals surface area (Å²) in [5.41, 5.74) is 0.403. The van der Waals surface area contributed by atoms with Crippen molar-refractivity contribution in [2.45, 2.75) is 13.3 Å². The molecule has 116 valence electrons. The molecule has 0 spiro atoms. The van der Waals surface area contributed by atoms with E-state index in [2.05, 4.69) is 4.72 Å². The molecule has 0 fully saturated rings. The second kappa shape index (κ2) is 6.55. The standard InChI is InChI=1S/C12H16N2O6S/c1-8-9(12(17)18)4-3-5-10(8)13-21(19,20)14(2)7-6-11(15)16/h3-5,13H,6-7H2,1-2H3,(H,15,16)(H,17,18). The third-order valence-corrected chi connectivity index (χ3v) is 4.34. The summed E-state index contributed by atoms with van der Waals surface area (Å²) in [6, 6.07) is 4.22. The summed E-state index contributed by atoms with van der Waals surface area (Å²) < 4.78 is 27.1. The molecule has 21 heavy (non-hydrogen) atoms. The summed E-state index contributed by atoms with van der Waals surface area (Å²) in [5, 5.41) is 17.5. The number of hydrogen-bond acceptors (Lipinski definition) is 4. The molecule has 0 bridgehead atoms. The van der Waals surface area contributed by atoms with Gasteiger partial charge in [0.2, 0.25) is 0 Å². The molecule has 9 heteroatoms. The van der Waals surface area contributed by atoms with E-state index in [0.29, 0.717) is 0 Å². The van der Waals surface area contributed by atoms with Crippen molar-refractivity contribution in [3.8, 4) is 0 Å². The first kappa shape index (κ1) is 16.9. The number of carboxylic acid groups (broad SMARTS) is 2. The SMILES string of the molecule is Cc1c(NS(=O)(=O)N(C)CCC(=O)O)cccc1C(=O)O. The minimum Gasteiger partial charge on any atom is -0.481 e. The summed E-state index contributed by atoms with van der Waals surface area (Å²) in [4.78, 5) is 21.5. The van der Waals surface area contributed by atoms with Crippen molar-refractivity contribution in [1.82, 2.24) is 4.31 Å². The Hall–Kier alpha value is -2.13. The van der Waals surface area contributed by atoms with E-state index < -0.39 is 22.1 Å². The van der Waals surface area contributed by atoms with E-state index in [4.69, 9.17) is 10.2 Å². The van der Waals surface area contributed by atoms with E-state index in [0.717, 1.165) is 4.31 Å². The molecule has 0 radical (unpaired) electrons. The third-order valence-electron chi connectivity index (χ3n) is 2.85. The summed E-state index contributed by atoms with van der Waals surface area (Å²) in [6.45, 7) is 1.29. The van der Waals surface area contributed by atoms with E-state index >= 15 is 0 Å². The molecule has 1 aromatic carbocycles. The van der Waals surface area contributed by atoms with Gasteiger partial charge in [-0.2, -0.15) is 12.7 Å². The highest BCUT2D eigenvalue weighted by Gasteiger charge is 2.20. The molecule has 3 N–H and O–H groups in total. The van der Waals surface area contributed by atoms with Crippen molar-refractivity contribution >= 4 is 27.8 Å². The number of aliphatic carboxylic acids is 1. The van der Waals surface area contributed by atoms with Gasteiger partial charge in [-0.25, -0.2) is 4.79 Å². The van der Waals surface area contributed by atoms with Crippen LogP contribution < -0.4 is 4.72 Å². The Labute approximate surface area is 122 Å². The van der Waals surface area contributed by atoms with Crippen LogP contribution in [0.4, 0.5) is 5.69 Å². The lowest BCUT2D eigenvalue weighted by atomic mass is 10.1. The summed E-state index contributed by atoms with van der Waals surface area (Å²) in [7, 11) is -2.71. The van der Waals surface area contributed by atoms with Crippen LogP contribution in [0.2, 0.25) is 0 Å². The Kier molecular flexibility index (Phi) is 5.28. The first-order valence-corrected chi connectivity index (χ1v) is 7.38. The number of benzene rings is 1. The average molecular weight is 316 g/mol. The van der Waals surface area contributed by atoms with E-state index in [1.165, 1.54) is 32.2 Å². The molecule has 0 saturated carbocycles. The Morgan fingerprint density at radius 2 is 1.90 bits per heavy atom. The average Bonchev–Trinajstić information content (AvgIpc) is 2.37. The maximum Gasteiger partial charge on any atom is 0.336 e. The second-order valence-electron chi connectivity index (χ2n) is 4.36. The number of nitrogens with one attached hydrogen (secondary N) is 1. The van der Waals surface area contributed by atoms with Gasteiger partial charge in [0, 0.05) is 13.6 Å². The molecule has 0 heterocycles. The molecular weight excluding hydrogens is 300 g/mol. The van der Waals surface area contributed by atoms with Gasteiger partial charge in [0.05, 0.1) is 17.7 Å². The minimum absolute atomic E-state index is 0.0108. The van der Waals surface area contributed by atoms with Gasteiger partial charge in [-0.05, 0) is 24.6 Å². The molecule has 0 amide bonds. The fraction of sp³-hybridized carbons (Fsp3) is 0.333. The van der Waals surface area contributed by atoms with Crippen LogP contribution in [-0.2, 0) is 15.0 Å². The number of rotatable bonds is 7. The monoisotopic (exact) mass is 316 g/mol. The molecule has 0 aliphatic rings. The number of hydrogen-bond donors (Lipinski definition) is 3. The van der Waals surface area contributed by atoms with Gasteiger partial charge in [0.15, 0.2) is 0 Å². The van der Waals surface area contributed by atoms with Crippen LogP contribution in [0.5, 0.6) is 0 Å². The van der Waals surface area contributed by atoms with Gasteiger partial charge >= 0.3 is 22.1 Å². The number of aromatic carboxylic acids is 1. The topological polar surface area (TPSA) is 124 Å². The molecular formula is C12H16N2O6S. The lowest BCUT2D eigenvalue weighted by molar-refractivity contribution is -0.137. The number of anilines is 1. The fourth-order valence-corrected chi connectivity index (χ4v) is 2.55. The first-order valence-electron chi connectivity index (χ1n) is 5.94. The van der Waals surface area contributed by atoms with Gasteiger partial charge < -0.3 is 10.2 Å². The van der Waals surface area contributed by atoms with Gasteiger partial charge in [0.1, 0.15) is 0 Å². The van der Waals surface area contributed by atoms with Crippen molar-refractivity contribution < 1.29 is 28.2 Å². The molecule has 0 saturated heterocycles. The largest absolute Gasteiger partial charge is 0.481 e. The van der Waals surface area contributed by atoms with Gasteiger partial charge in [-0.1, -0.05) is 6.07 Å². The molecule has 0 aromatic heterocycles. The van der Waals surface area contributed by atoms with Gasteiger partial charge in [0.25, 0.3) is 0 Å².